The molecule has 0 unspecified atom stereocenters. The van der Waals surface area contributed by atoms with E-state index in [2.05, 4.69) is 17.4 Å². The smallest absolute Gasteiger partial charge is 0.250 e. The van der Waals surface area contributed by atoms with Crippen molar-refractivity contribution in [3.63, 3.8) is 0 Å². The molecule has 0 aliphatic carbocycles. The number of rotatable bonds is 6. The first kappa shape index (κ1) is 14.0. The maximum Gasteiger partial charge on any atom is 0.250 e. The van der Waals surface area contributed by atoms with Gasteiger partial charge in [0.1, 0.15) is 6.54 Å². The Kier molecular flexibility index (Phi) is 4.70. The third kappa shape index (κ3) is 3.81. The maximum atomic E-state index is 11.7. The molecule has 2 heterocycles. The minimum atomic E-state index is -0.244. The predicted octanol–water partition coefficient (Wildman–Crippen LogP) is 1.11. The SMILES string of the molecule is CCCc1cc(CNC(=O)Cn2ccccc2=O)on1. The molecule has 0 aliphatic heterocycles. The van der Waals surface area contributed by atoms with E-state index in [1.54, 1.807) is 18.3 Å². The molecule has 0 bridgehead atoms. The summed E-state index contributed by atoms with van der Waals surface area (Å²) < 4.78 is 6.45. The Morgan fingerprint density at radius 1 is 1.45 bits per heavy atom. The summed E-state index contributed by atoms with van der Waals surface area (Å²) in [6, 6.07) is 6.60. The lowest BCUT2D eigenvalue weighted by molar-refractivity contribution is -0.122. The minimum Gasteiger partial charge on any atom is -0.359 e. The van der Waals surface area contributed by atoms with E-state index in [1.807, 2.05) is 6.07 Å². The first-order chi connectivity index (χ1) is 9.69. The summed E-state index contributed by atoms with van der Waals surface area (Å²) in [5, 5.41) is 6.60. The number of aromatic nitrogens is 2. The summed E-state index contributed by atoms with van der Waals surface area (Å²) in [6.45, 7) is 2.33. The number of hydrogen-bond acceptors (Lipinski definition) is 4. The molecule has 0 saturated carbocycles. The second kappa shape index (κ2) is 6.70. The molecule has 0 aliphatic rings. The van der Waals surface area contributed by atoms with Gasteiger partial charge in [0, 0.05) is 18.3 Å². The van der Waals surface area contributed by atoms with Crippen molar-refractivity contribution in [3.05, 3.63) is 52.3 Å². The van der Waals surface area contributed by atoms with Crippen LogP contribution in [0.15, 0.2) is 39.8 Å². The molecule has 106 valence electrons. The molecule has 1 N–H and O–H groups in total. The van der Waals surface area contributed by atoms with E-state index in [0.29, 0.717) is 5.76 Å². The highest BCUT2D eigenvalue weighted by Crippen LogP contribution is 2.05. The molecule has 0 radical (unpaired) electrons. The zero-order valence-corrected chi connectivity index (χ0v) is 11.3. The van der Waals surface area contributed by atoms with Gasteiger partial charge in [-0.05, 0) is 12.5 Å². The summed E-state index contributed by atoms with van der Waals surface area (Å²) in [6.07, 6.45) is 3.43. The Morgan fingerprint density at radius 3 is 3.05 bits per heavy atom. The Morgan fingerprint density at radius 2 is 2.30 bits per heavy atom. The van der Waals surface area contributed by atoms with Gasteiger partial charge in [-0.3, -0.25) is 9.59 Å². The minimum absolute atomic E-state index is 0.00434. The second-order valence-corrected chi connectivity index (χ2v) is 4.48. The molecule has 1 amide bonds. The van der Waals surface area contributed by atoms with Gasteiger partial charge >= 0.3 is 0 Å². The van der Waals surface area contributed by atoms with E-state index in [-0.39, 0.29) is 24.6 Å². The monoisotopic (exact) mass is 275 g/mol. The van der Waals surface area contributed by atoms with E-state index in [1.165, 1.54) is 10.6 Å². The lowest BCUT2D eigenvalue weighted by Gasteiger charge is -2.05. The van der Waals surface area contributed by atoms with Crippen molar-refractivity contribution in [2.75, 3.05) is 0 Å². The van der Waals surface area contributed by atoms with Crippen molar-refractivity contribution >= 4 is 5.91 Å². The fraction of sp³-hybridized carbons (Fsp3) is 0.357. The number of nitrogens with one attached hydrogen (secondary N) is 1. The van der Waals surface area contributed by atoms with Crippen LogP contribution in [0.5, 0.6) is 0 Å². The van der Waals surface area contributed by atoms with E-state index in [9.17, 15) is 9.59 Å². The fourth-order valence-electron chi connectivity index (χ4n) is 1.80. The third-order valence-corrected chi connectivity index (χ3v) is 2.79. The summed E-state index contributed by atoms with van der Waals surface area (Å²) in [5.74, 6) is 0.369. The zero-order valence-electron chi connectivity index (χ0n) is 11.3. The summed E-state index contributed by atoms with van der Waals surface area (Å²) in [7, 11) is 0. The van der Waals surface area contributed by atoms with Gasteiger partial charge in [0.05, 0.1) is 12.2 Å². The summed E-state index contributed by atoms with van der Waals surface area (Å²) >= 11 is 0. The number of carbonyl (C=O) groups excluding carboxylic acids is 1. The molecule has 0 atom stereocenters. The molecular formula is C14H17N3O3. The number of pyridine rings is 1. The standard InChI is InChI=1S/C14H17N3O3/c1-2-5-11-8-12(20-16-11)9-15-13(18)10-17-7-4-3-6-14(17)19/h3-4,6-8H,2,5,9-10H2,1H3,(H,15,18). The molecule has 0 spiro atoms. The van der Waals surface area contributed by atoms with Crippen molar-refractivity contribution in [2.45, 2.75) is 32.9 Å². The topological polar surface area (TPSA) is 77.1 Å². The highest BCUT2D eigenvalue weighted by atomic mass is 16.5. The Balaban J connectivity index is 1.86. The first-order valence-corrected chi connectivity index (χ1v) is 6.55. The Labute approximate surface area is 116 Å². The molecule has 2 aromatic rings. The van der Waals surface area contributed by atoms with E-state index >= 15 is 0 Å². The van der Waals surface area contributed by atoms with Crippen LogP contribution in [0, 0.1) is 0 Å². The van der Waals surface area contributed by atoms with Crippen molar-refractivity contribution in [1.82, 2.24) is 15.0 Å². The number of amides is 1. The quantitative estimate of drug-likeness (QED) is 0.856. The van der Waals surface area contributed by atoms with Crippen LogP contribution in [-0.2, 0) is 24.3 Å². The molecule has 6 nitrogen and oxygen atoms in total. The van der Waals surface area contributed by atoms with Crippen LogP contribution in [0.25, 0.3) is 0 Å². The third-order valence-electron chi connectivity index (χ3n) is 2.79. The van der Waals surface area contributed by atoms with Crippen LogP contribution < -0.4 is 10.9 Å². The molecule has 0 aromatic carbocycles. The maximum absolute atomic E-state index is 11.7. The van der Waals surface area contributed by atoms with E-state index in [4.69, 9.17) is 4.52 Å². The van der Waals surface area contributed by atoms with Crippen LogP contribution in [0.4, 0.5) is 0 Å². The van der Waals surface area contributed by atoms with Gasteiger partial charge in [0.25, 0.3) is 5.56 Å². The molecule has 0 fully saturated rings. The van der Waals surface area contributed by atoms with E-state index in [0.717, 1.165) is 18.5 Å². The molecule has 0 saturated heterocycles. The van der Waals surface area contributed by atoms with Crippen molar-refractivity contribution < 1.29 is 9.32 Å². The number of nitrogens with zero attached hydrogens (tertiary/aromatic N) is 2. The molecule has 6 heteroatoms. The van der Waals surface area contributed by atoms with Crippen molar-refractivity contribution in [3.8, 4) is 0 Å². The van der Waals surface area contributed by atoms with Gasteiger partial charge in [0.2, 0.25) is 5.91 Å². The van der Waals surface area contributed by atoms with Crippen LogP contribution in [0.3, 0.4) is 0 Å². The lowest BCUT2D eigenvalue weighted by atomic mass is 10.2. The Hall–Kier alpha value is -2.37. The van der Waals surface area contributed by atoms with Gasteiger partial charge in [-0.25, -0.2) is 0 Å². The van der Waals surface area contributed by atoms with Gasteiger partial charge in [-0.2, -0.15) is 0 Å². The lowest BCUT2D eigenvalue weighted by Crippen LogP contribution is -2.31. The van der Waals surface area contributed by atoms with Crippen LogP contribution >= 0.6 is 0 Å². The van der Waals surface area contributed by atoms with Crippen LogP contribution in [-0.4, -0.2) is 15.6 Å². The number of carbonyl (C=O) groups is 1. The van der Waals surface area contributed by atoms with E-state index < -0.39 is 0 Å². The average Bonchev–Trinajstić information content (AvgIpc) is 2.87. The number of aryl methyl sites for hydroxylation is 1. The van der Waals surface area contributed by atoms with Gasteiger partial charge in [-0.1, -0.05) is 24.6 Å². The number of hydrogen-bond donors (Lipinski definition) is 1. The molecule has 2 rings (SSSR count). The van der Waals surface area contributed by atoms with Crippen molar-refractivity contribution in [1.29, 1.82) is 0 Å². The second-order valence-electron chi connectivity index (χ2n) is 4.48. The van der Waals surface area contributed by atoms with Gasteiger partial charge < -0.3 is 14.4 Å². The Bertz CT molecular complexity index is 630. The average molecular weight is 275 g/mol. The fourth-order valence-corrected chi connectivity index (χ4v) is 1.80. The van der Waals surface area contributed by atoms with Gasteiger partial charge in [0.15, 0.2) is 5.76 Å². The highest BCUT2D eigenvalue weighted by molar-refractivity contribution is 5.75. The normalized spacial score (nSPS) is 10.4. The summed E-state index contributed by atoms with van der Waals surface area (Å²) in [4.78, 5) is 23.2. The molecule has 20 heavy (non-hydrogen) atoms. The van der Waals surface area contributed by atoms with Crippen LogP contribution in [0.1, 0.15) is 24.8 Å². The zero-order chi connectivity index (χ0) is 14.4. The molecule has 2 aromatic heterocycles. The first-order valence-electron chi connectivity index (χ1n) is 6.55. The van der Waals surface area contributed by atoms with Crippen molar-refractivity contribution in [2.24, 2.45) is 0 Å². The van der Waals surface area contributed by atoms with Crippen LogP contribution in [0.2, 0.25) is 0 Å². The largest absolute Gasteiger partial charge is 0.359 e. The summed E-state index contributed by atoms with van der Waals surface area (Å²) in [5.41, 5.74) is 0.684. The predicted molar refractivity (Wildman–Crippen MR) is 73.0 cm³/mol. The molecular weight excluding hydrogens is 258 g/mol. The van der Waals surface area contributed by atoms with Gasteiger partial charge in [-0.15, -0.1) is 0 Å². The highest BCUT2D eigenvalue weighted by Gasteiger charge is 2.07.